The zero-order chi connectivity index (χ0) is 18.2. The first-order valence-corrected chi connectivity index (χ1v) is 8.30. The molecule has 1 aromatic carbocycles. The molecule has 2 amide bonds. The van der Waals surface area contributed by atoms with E-state index in [0.717, 1.165) is 6.42 Å². The van der Waals surface area contributed by atoms with E-state index in [2.05, 4.69) is 34.8 Å². The van der Waals surface area contributed by atoms with Crippen LogP contribution in [-0.4, -0.2) is 39.9 Å². The van der Waals surface area contributed by atoms with E-state index in [9.17, 15) is 9.59 Å². The molecular weight excluding hydrogens is 356 g/mol. The third-order valence-corrected chi connectivity index (χ3v) is 3.56. The van der Waals surface area contributed by atoms with Crippen LogP contribution in [0.5, 0.6) is 0 Å². The highest BCUT2D eigenvalue weighted by atomic mass is 35.5. The van der Waals surface area contributed by atoms with E-state index in [4.69, 9.17) is 5.73 Å². The number of nitrogens with zero attached hydrogens (tertiary/aromatic N) is 3. The molecule has 0 bridgehead atoms. The molecule has 2 aromatic rings. The van der Waals surface area contributed by atoms with Crippen LogP contribution in [0, 0.1) is 5.92 Å². The lowest BCUT2D eigenvalue weighted by Gasteiger charge is -2.10. The summed E-state index contributed by atoms with van der Waals surface area (Å²) in [5.41, 5.74) is 6.39. The summed E-state index contributed by atoms with van der Waals surface area (Å²) >= 11 is 0. The fraction of sp³-hybridized carbons (Fsp3) is 0.412. The second-order valence-corrected chi connectivity index (χ2v) is 6.09. The van der Waals surface area contributed by atoms with Crippen molar-refractivity contribution in [1.82, 2.24) is 20.3 Å². The summed E-state index contributed by atoms with van der Waals surface area (Å²) in [7, 11) is 0. The standard InChI is InChI=1S/C17H24N6O2.ClH/c1-12(2)7-10-23-11-15(21-22-23)17(25)20-14-6-4-3-5-13(14)16(24)19-9-8-18;/h3-6,11-12H,7-10,18H2,1-2H3,(H,19,24)(H,20,25);1H. The Morgan fingerprint density at radius 2 is 1.96 bits per heavy atom. The van der Waals surface area contributed by atoms with Crippen molar-refractivity contribution in [2.75, 3.05) is 18.4 Å². The van der Waals surface area contributed by atoms with Gasteiger partial charge in [0.05, 0.1) is 17.4 Å². The van der Waals surface area contributed by atoms with Crippen molar-refractivity contribution in [3.8, 4) is 0 Å². The van der Waals surface area contributed by atoms with Crippen LogP contribution < -0.4 is 16.4 Å². The second-order valence-electron chi connectivity index (χ2n) is 6.09. The molecule has 8 nitrogen and oxygen atoms in total. The Labute approximate surface area is 158 Å². The molecule has 2 rings (SSSR count). The molecule has 0 spiro atoms. The maximum atomic E-state index is 12.4. The number of benzene rings is 1. The van der Waals surface area contributed by atoms with Crippen LogP contribution in [0.2, 0.25) is 0 Å². The van der Waals surface area contributed by atoms with Gasteiger partial charge < -0.3 is 16.4 Å². The number of carbonyl (C=O) groups excluding carboxylic acids is 2. The predicted octanol–water partition coefficient (Wildman–Crippen LogP) is 1.69. The number of amides is 2. The maximum Gasteiger partial charge on any atom is 0.277 e. The molecule has 0 saturated carbocycles. The average molecular weight is 381 g/mol. The summed E-state index contributed by atoms with van der Waals surface area (Å²) < 4.78 is 1.65. The lowest BCUT2D eigenvalue weighted by Crippen LogP contribution is -2.30. The van der Waals surface area contributed by atoms with Gasteiger partial charge in [0.25, 0.3) is 11.8 Å². The topological polar surface area (TPSA) is 115 Å². The van der Waals surface area contributed by atoms with Crippen LogP contribution in [-0.2, 0) is 6.54 Å². The lowest BCUT2D eigenvalue weighted by atomic mass is 10.1. The Bertz CT molecular complexity index is 732. The van der Waals surface area contributed by atoms with Crippen molar-refractivity contribution in [1.29, 1.82) is 0 Å². The Kier molecular flexibility index (Phi) is 8.74. The van der Waals surface area contributed by atoms with Crippen molar-refractivity contribution < 1.29 is 9.59 Å². The van der Waals surface area contributed by atoms with E-state index in [1.165, 1.54) is 0 Å². The van der Waals surface area contributed by atoms with Gasteiger partial charge in [-0.2, -0.15) is 0 Å². The number of aryl methyl sites for hydroxylation is 1. The van der Waals surface area contributed by atoms with Crippen LogP contribution in [0.4, 0.5) is 5.69 Å². The number of nitrogens with two attached hydrogens (primary N) is 1. The van der Waals surface area contributed by atoms with Crippen molar-refractivity contribution in [2.24, 2.45) is 11.7 Å². The molecule has 0 aliphatic heterocycles. The van der Waals surface area contributed by atoms with Gasteiger partial charge in [-0.1, -0.05) is 31.2 Å². The lowest BCUT2D eigenvalue weighted by molar-refractivity contribution is 0.0955. The number of anilines is 1. The first kappa shape index (κ1) is 21.6. The third kappa shape index (κ3) is 6.12. The maximum absolute atomic E-state index is 12.4. The van der Waals surface area contributed by atoms with E-state index < -0.39 is 5.91 Å². The Morgan fingerprint density at radius 1 is 1.23 bits per heavy atom. The van der Waals surface area contributed by atoms with Crippen LogP contribution >= 0.6 is 12.4 Å². The fourth-order valence-corrected chi connectivity index (χ4v) is 2.16. The van der Waals surface area contributed by atoms with E-state index >= 15 is 0 Å². The van der Waals surface area contributed by atoms with Gasteiger partial charge in [-0.25, -0.2) is 0 Å². The number of halogens is 1. The Balaban J connectivity index is 0.00000338. The minimum absolute atomic E-state index is 0. The van der Waals surface area contributed by atoms with E-state index in [0.29, 0.717) is 36.8 Å². The largest absolute Gasteiger partial charge is 0.351 e. The van der Waals surface area contributed by atoms with Gasteiger partial charge in [0.1, 0.15) is 0 Å². The average Bonchev–Trinajstić information content (AvgIpc) is 3.07. The molecule has 0 unspecified atom stereocenters. The summed E-state index contributed by atoms with van der Waals surface area (Å²) in [5, 5.41) is 13.3. The molecule has 0 fully saturated rings. The van der Waals surface area contributed by atoms with E-state index in [-0.39, 0.29) is 24.0 Å². The minimum atomic E-state index is -0.408. The Morgan fingerprint density at radius 3 is 2.65 bits per heavy atom. The van der Waals surface area contributed by atoms with Crippen molar-refractivity contribution >= 4 is 29.9 Å². The first-order valence-electron chi connectivity index (χ1n) is 8.30. The highest BCUT2D eigenvalue weighted by Crippen LogP contribution is 2.16. The van der Waals surface area contributed by atoms with Gasteiger partial charge in [-0.3, -0.25) is 14.3 Å². The molecule has 0 radical (unpaired) electrons. The summed E-state index contributed by atoms with van der Waals surface area (Å²) in [6.07, 6.45) is 2.56. The van der Waals surface area contributed by atoms with Crippen LogP contribution in [0.15, 0.2) is 30.5 Å². The zero-order valence-corrected chi connectivity index (χ0v) is 15.8. The molecule has 1 aromatic heterocycles. The number of carbonyl (C=O) groups is 2. The summed E-state index contributed by atoms with van der Waals surface area (Å²) in [6, 6.07) is 6.78. The fourth-order valence-electron chi connectivity index (χ4n) is 2.16. The molecule has 1 heterocycles. The van der Waals surface area contributed by atoms with Gasteiger partial charge in [0.15, 0.2) is 5.69 Å². The molecule has 0 aliphatic carbocycles. The molecule has 26 heavy (non-hydrogen) atoms. The third-order valence-electron chi connectivity index (χ3n) is 3.56. The molecule has 0 aliphatic rings. The summed E-state index contributed by atoms with van der Waals surface area (Å²) in [5.74, 6) is -0.155. The van der Waals surface area contributed by atoms with Crippen molar-refractivity contribution in [3.05, 3.63) is 41.7 Å². The molecular formula is C17H25ClN6O2. The number of nitrogens with one attached hydrogen (secondary N) is 2. The van der Waals surface area contributed by atoms with Crippen molar-refractivity contribution in [3.63, 3.8) is 0 Å². The monoisotopic (exact) mass is 380 g/mol. The van der Waals surface area contributed by atoms with Gasteiger partial charge in [0, 0.05) is 19.6 Å². The van der Waals surface area contributed by atoms with Crippen LogP contribution in [0.25, 0.3) is 0 Å². The molecule has 142 valence electrons. The minimum Gasteiger partial charge on any atom is -0.351 e. The normalized spacial score (nSPS) is 10.3. The van der Waals surface area contributed by atoms with Gasteiger partial charge in [-0.15, -0.1) is 17.5 Å². The number of para-hydroxylation sites is 1. The smallest absolute Gasteiger partial charge is 0.277 e. The van der Waals surface area contributed by atoms with Crippen molar-refractivity contribution in [2.45, 2.75) is 26.8 Å². The Hall–Kier alpha value is -2.45. The highest BCUT2D eigenvalue weighted by Gasteiger charge is 2.16. The SMILES string of the molecule is CC(C)CCn1cc(C(=O)Nc2ccccc2C(=O)NCCN)nn1.Cl. The molecule has 0 atom stereocenters. The number of aromatic nitrogens is 3. The van der Waals surface area contributed by atoms with Crippen LogP contribution in [0.3, 0.4) is 0 Å². The van der Waals surface area contributed by atoms with Crippen LogP contribution in [0.1, 0.15) is 41.1 Å². The highest BCUT2D eigenvalue weighted by molar-refractivity contribution is 6.08. The molecule has 0 saturated heterocycles. The zero-order valence-electron chi connectivity index (χ0n) is 14.9. The summed E-state index contributed by atoms with van der Waals surface area (Å²) in [6.45, 7) is 5.66. The first-order chi connectivity index (χ1) is 12.0. The van der Waals surface area contributed by atoms with Gasteiger partial charge in [0.2, 0.25) is 0 Å². The summed E-state index contributed by atoms with van der Waals surface area (Å²) in [4.78, 5) is 24.5. The van der Waals surface area contributed by atoms with Gasteiger partial charge in [-0.05, 0) is 24.5 Å². The van der Waals surface area contributed by atoms with E-state index in [1.54, 1.807) is 35.1 Å². The molecule has 9 heteroatoms. The number of rotatable bonds is 8. The second kappa shape index (κ2) is 10.5. The quantitative estimate of drug-likeness (QED) is 0.644. The number of hydrogen-bond acceptors (Lipinski definition) is 5. The van der Waals surface area contributed by atoms with E-state index in [1.807, 2.05) is 0 Å². The predicted molar refractivity (Wildman–Crippen MR) is 103 cm³/mol. The number of hydrogen-bond donors (Lipinski definition) is 3. The molecule has 4 N–H and O–H groups in total. The van der Waals surface area contributed by atoms with Gasteiger partial charge >= 0.3 is 0 Å².